The first-order valence-electron chi connectivity index (χ1n) is 4.93. The maximum absolute atomic E-state index is 12.6. The van der Waals surface area contributed by atoms with Crippen molar-refractivity contribution in [3.8, 4) is 0 Å². The molecule has 5 heteroatoms. The molecule has 1 aromatic rings. The van der Waals surface area contributed by atoms with E-state index in [4.69, 9.17) is 5.11 Å². The number of aliphatic carboxylic acids is 1. The summed E-state index contributed by atoms with van der Waals surface area (Å²) in [6.45, 7) is 1.87. The number of hydrogen-bond acceptors (Lipinski definition) is 3. The molecule has 0 aliphatic heterocycles. The molecule has 1 atom stereocenters. The Morgan fingerprint density at radius 1 is 1.44 bits per heavy atom. The number of azo groups is 1. The van der Waals surface area contributed by atoms with Gasteiger partial charge in [-0.15, -0.1) is 0 Å². The van der Waals surface area contributed by atoms with E-state index in [0.717, 1.165) is 5.56 Å². The Bertz CT molecular complexity index is 376. The molecule has 1 N–H and O–H groups in total. The molecule has 0 saturated heterocycles. The van der Waals surface area contributed by atoms with Crippen LogP contribution < -0.4 is 0 Å². The zero-order valence-corrected chi connectivity index (χ0v) is 8.93. The second-order valence-electron chi connectivity index (χ2n) is 3.37. The highest BCUT2D eigenvalue weighted by Crippen LogP contribution is 2.03. The van der Waals surface area contributed by atoms with E-state index in [2.05, 4.69) is 10.2 Å². The molecule has 0 aliphatic rings. The molecule has 0 aromatic heterocycles. The van der Waals surface area contributed by atoms with Crippen LogP contribution in [0.4, 0.5) is 4.39 Å². The largest absolute Gasteiger partial charge is 0.480 e. The van der Waals surface area contributed by atoms with Crippen LogP contribution in [0.5, 0.6) is 0 Å². The molecule has 0 aliphatic carbocycles. The summed E-state index contributed by atoms with van der Waals surface area (Å²) < 4.78 is 12.6. The van der Waals surface area contributed by atoms with Gasteiger partial charge < -0.3 is 5.11 Å². The van der Waals surface area contributed by atoms with Gasteiger partial charge in [-0.3, -0.25) is 0 Å². The summed E-state index contributed by atoms with van der Waals surface area (Å²) in [5, 5.41) is 15.9. The monoisotopic (exact) mass is 224 g/mol. The molecule has 0 amide bonds. The van der Waals surface area contributed by atoms with Crippen LogP contribution in [0, 0.1) is 5.82 Å². The van der Waals surface area contributed by atoms with Crippen molar-refractivity contribution < 1.29 is 14.3 Å². The third-order valence-corrected chi connectivity index (χ3v) is 2.03. The first-order valence-corrected chi connectivity index (χ1v) is 4.93. The van der Waals surface area contributed by atoms with Crippen molar-refractivity contribution >= 4 is 5.97 Å². The number of carboxylic acid groups (broad SMARTS) is 1. The number of hydrogen-bond donors (Lipinski definition) is 1. The zero-order chi connectivity index (χ0) is 12.0. The van der Waals surface area contributed by atoms with Gasteiger partial charge in [-0.2, -0.15) is 10.2 Å². The maximum Gasteiger partial charge on any atom is 0.330 e. The molecule has 1 rings (SSSR count). The second kappa shape index (κ2) is 5.95. The fraction of sp³-hybridized carbons (Fsp3) is 0.364. The molecule has 1 unspecified atom stereocenters. The molecule has 0 bridgehead atoms. The molecular formula is C11H13FN2O2. The summed E-state index contributed by atoms with van der Waals surface area (Å²) in [5.74, 6) is -1.27. The smallest absolute Gasteiger partial charge is 0.330 e. The van der Waals surface area contributed by atoms with Gasteiger partial charge >= 0.3 is 5.97 Å². The van der Waals surface area contributed by atoms with E-state index in [-0.39, 0.29) is 5.82 Å². The van der Waals surface area contributed by atoms with Crippen molar-refractivity contribution in [1.29, 1.82) is 0 Å². The predicted molar refractivity (Wildman–Crippen MR) is 56.9 cm³/mol. The van der Waals surface area contributed by atoms with Gasteiger partial charge in [0.1, 0.15) is 5.82 Å². The molecule has 0 heterocycles. The SMILES string of the molecule is CC(N=NCCc1ccc(F)cc1)C(=O)O. The molecule has 0 saturated carbocycles. The van der Waals surface area contributed by atoms with E-state index < -0.39 is 12.0 Å². The normalized spacial score (nSPS) is 12.9. The van der Waals surface area contributed by atoms with E-state index in [9.17, 15) is 9.18 Å². The Balaban J connectivity index is 2.35. The molecule has 1 aromatic carbocycles. The van der Waals surface area contributed by atoms with E-state index >= 15 is 0 Å². The van der Waals surface area contributed by atoms with Gasteiger partial charge in [0.2, 0.25) is 0 Å². The van der Waals surface area contributed by atoms with Crippen molar-refractivity contribution in [2.75, 3.05) is 6.54 Å². The van der Waals surface area contributed by atoms with Crippen LogP contribution in [0.2, 0.25) is 0 Å². The van der Waals surface area contributed by atoms with Crippen LogP contribution in [0.25, 0.3) is 0 Å². The lowest BCUT2D eigenvalue weighted by molar-refractivity contribution is -0.138. The van der Waals surface area contributed by atoms with Crippen molar-refractivity contribution in [2.45, 2.75) is 19.4 Å². The van der Waals surface area contributed by atoms with E-state index in [0.29, 0.717) is 13.0 Å². The number of carboxylic acids is 1. The lowest BCUT2D eigenvalue weighted by Gasteiger charge is -1.98. The average molecular weight is 224 g/mol. The summed E-state index contributed by atoms with van der Waals surface area (Å²) in [6.07, 6.45) is 0.621. The van der Waals surface area contributed by atoms with Crippen LogP contribution in [-0.2, 0) is 11.2 Å². The Kier molecular flexibility index (Phi) is 4.57. The number of rotatable bonds is 5. The fourth-order valence-corrected chi connectivity index (χ4v) is 1.06. The highest BCUT2D eigenvalue weighted by atomic mass is 19.1. The minimum Gasteiger partial charge on any atom is -0.480 e. The Morgan fingerprint density at radius 3 is 2.62 bits per heavy atom. The average Bonchev–Trinajstić information content (AvgIpc) is 2.26. The van der Waals surface area contributed by atoms with E-state index in [1.165, 1.54) is 19.1 Å². The quantitative estimate of drug-likeness (QED) is 0.780. The van der Waals surface area contributed by atoms with Gasteiger partial charge in [0.15, 0.2) is 6.04 Å². The maximum atomic E-state index is 12.6. The topological polar surface area (TPSA) is 62.0 Å². The van der Waals surface area contributed by atoms with Gasteiger partial charge in [-0.05, 0) is 31.0 Å². The van der Waals surface area contributed by atoms with Crippen molar-refractivity contribution in [3.63, 3.8) is 0 Å². The Morgan fingerprint density at radius 2 is 2.06 bits per heavy atom. The molecule has 4 nitrogen and oxygen atoms in total. The predicted octanol–water partition coefficient (Wildman–Crippen LogP) is 2.29. The highest BCUT2D eigenvalue weighted by Gasteiger charge is 2.07. The molecule has 0 radical (unpaired) electrons. The van der Waals surface area contributed by atoms with Gasteiger partial charge in [-0.1, -0.05) is 12.1 Å². The van der Waals surface area contributed by atoms with Crippen LogP contribution in [0.1, 0.15) is 12.5 Å². The Labute approximate surface area is 92.8 Å². The number of halogens is 1. The highest BCUT2D eigenvalue weighted by molar-refractivity contribution is 5.72. The minimum absolute atomic E-state index is 0.273. The summed E-state index contributed by atoms with van der Waals surface area (Å²) in [7, 11) is 0. The standard InChI is InChI=1S/C11H13FN2O2/c1-8(11(15)16)14-13-7-6-9-2-4-10(12)5-3-9/h2-5,8H,6-7H2,1H3,(H,15,16). The van der Waals surface area contributed by atoms with Gasteiger partial charge in [-0.25, -0.2) is 9.18 Å². The second-order valence-corrected chi connectivity index (χ2v) is 3.37. The fourth-order valence-electron chi connectivity index (χ4n) is 1.06. The summed E-state index contributed by atoms with van der Waals surface area (Å²) >= 11 is 0. The minimum atomic E-state index is -0.995. The molecule has 86 valence electrons. The lowest BCUT2D eigenvalue weighted by Crippen LogP contribution is -2.12. The molecule has 16 heavy (non-hydrogen) atoms. The first kappa shape index (κ1) is 12.3. The number of benzene rings is 1. The summed E-state index contributed by atoms with van der Waals surface area (Å²) in [6, 6.07) is 5.29. The number of carbonyl (C=O) groups is 1. The van der Waals surface area contributed by atoms with E-state index in [1.54, 1.807) is 12.1 Å². The first-order chi connectivity index (χ1) is 7.59. The van der Waals surface area contributed by atoms with Crippen LogP contribution in [0.3, 0.4) is 0 Å². The zero-order valence-electron chi connectivity index (χ0n) is 8.93. The van der Waals surface area contributed by atoms with Crippen molar-refractivity contribution in [1.82, 2.24) is 0 Å². The van der Waals surface area contributed by atoms with Crippen LogP contribution >= 0.6 is 0 Å². The molecular weight excluding hydrogens is 211 g/mol. The third-order valence-electron chi connectivity index (χ3n) is 2.03. The summed E-state index contributed by atoms with van der Waals surface area (Å²) in [5.41, 5.74) is 0.948. The lowest BCUT2D eigenvalue weighted by atomic mass is 10.1. The Hall–Kier alpha value is -1.78. The number of nitrogens with zero attached hydrogens (tertiary/aromatic N) is 2. The van der Waals surface area contributed by atoms with Crippen molar-refractivity contribution in [2.24, 2.45) is 10.2 Å². The van der Waals surface area contributed by atoms with Crippen molar-refractivity contribution in [3.05, 3.63) is 35.6 Å². The van der Waals surface area contributed by atoms with Gasteiger partial charge in [0.05, 0.1) is 6.54 Å². The van der Waals surface area contributed by atoms with E-state index in [1.807, 2.05) is 0 Å². The molecule has 0 fully saturated rings. The van der Waals surface area contributed by atoms with Gasteiger partial charge in [0, 0.05) is 0 Å². The third kappa shape index (κ3) is 4.16. The van der Waals surface area contributed by atoms with Crippen LogP contribution in [-0.4, -0.2) is 23.7 Å². The van der Waals surface area contributed by atoms with Gasteiger partial charge in [0.25, 0.3) is 0 Å². The molecule has 0 spiro atoms. The van der Waals surface area contributed by atoms with Crippen LogP contribution in [0.15, 0.2) is 34.5 Å². The summed E-state index contributed by atoms with van der Waals surface area (Å²) in [4.78, 5) is 10.4.